The van der Waals surface area contributed by atoms with E-state index in [-0.39, 0.29) is 29.4 Å². The molecule has 2 aromatic rings. The van der Waals surface area contributed by atoms with Crippen LogP contribution in [0.5, 0.6) is 5.75 Å². The Kier molecular flexibility index (Phi) is 5.92. The monoisotopic (exact) mass is 406 g/mol. The number of hydrogen-bond donors (Lipinski definition) is 1. The highest BCUT2D eigenvalue weighted by Gasteiger charge is 2.35. The summed E-state index contributed by atoms with van der Waals surface area (Å²) in [5, 5.41) is 3.41. The Bertz CT molecular complexity index is 853. The van der Waals surface area contributed by atoms with E-state index in [1.165, 1.54) is 0 Å². The molecule has 1 aliphatic rings. The molecule has 0 bridgehead atoms. The van der Waals surface area contributed by atoms with Crippen molar-refractivity contribution in [2.75, 3.05) is 16.8 Å². The summed E-state index contributed by atoms with van der Waals surface area (Å²) >= 11 is 12.1. The molecule has 2 amide bonds. The lowest BCUT2D eigenvalue weighted by atomic mass is 10.1. The normalized spacial score (nSPS) is 16.7. The van der Waals surface area contributed by atoms with E-state index in [0.29, 0.717) is 17.3 Å². The molecule has 27 heavy (non-hydrogen) atoms. The SMILES string of the molecule is CC(C)Oc1ccc(N2C[C@H](C(=O)Nc3cccc(Cl)c3Cl)CC2=O)cc1. The highest BCUT2D eigenvalue weighted by atomic mass is 35.5. The first-order valence-electron chi connectivity index (χ1n) is 8.67. The first kappa shape index (κ1) is 19.5. The zero-order chi connectivity index (χ0) is 19.6. The number of anilines is 2. The number of benzene rings is 2. The second kappa shape index (κ2) is 8.19. The summed E-state index contributed by atoms with van der Waals surface area (Å²) in [6.45, 7) is 4.22. The minimum atomic E-state index is -0.459. The molecule has 3 rings (SSSR count). The fourth-order valence-electron chi connectivity index (χ4n) is 2.94. The molecule has 1 N–H and O–H groups in total. The summed E-state index contributed by atoms with van der Waals surface area (Å²) in [6, 6.07) is 12.3. The lowest BCUT2D eigenvalue weighted by Crippen LogP contribution is -2.28. The van der Waals surface area contributed by atoms with Crippen molar-refractivity contribution >= 4 is 46.4 Å². The van der Waals surface area contributed by atoms with Gasteiger partial charge in [-0.05, 0) is 50.2 Å². The van der Waals surface area contributed by atoms with Crippen LogP contribution in [-0.4, -0.2) is 24.5 Å². The van der Waals surface area contributed by atoms with Crippen molar-refractivity contribution in [2.24, 2.45) is 5.92 Å². The van der Waals surface area contributed by atoms with E-state index in [4.69, 9.17) is 27.9 Å². The average molecular weight is 407 g/mol. The first-order valence-corrected chi connectivity index (χ1v) is 9.42. The molecule has 5 nitrogen and oxygen atoms in total. The summed E-state index contributed by atoms with van der Waals surface area (Å²) < 4.78 is 5.61. The van der Waals surface area contributed by atoms with E-state index < -0.39 is 5.92 Å². The number of ether oxygens (including phenoxy) is 1. The summed E-state index contributed by atoms with van der Waals surface area (Å²) in [5.74, 6) is -0.0657. The molecule has 1 saturated heterocycles. The summed E-state index contributed by atoms with van der Waals surface area (Å²) in [6.07, 6.45) is 0.226. The highest BCUT2D eigenvalue weighted by Crippen LogP contribution is 2.31. The lowest BCUT2D eigenvalue weighted by Gasteiger charge is -2.18. The number of nitrogens with zero attached hydrogens (tertiary/aromatic N) is 1. The van der Waals surface area contributed by atoms with Crippen LogP contribution in [0, 0.1) is 5.92 Å². The van der Waals surface area contributed by atoms with Crippen LogP contribution in [0.1, 0.15) is 20.3 Å². The summed E-state index contributed by atoms with van der Waals surface area (Å²) in [4.78, 5) is 26.6. The van der Waals surface area contributed by atoms with Crippen LogP contribution in [0.3, 0.4) is 0 Å². The second-order valence-electron chi connectivity index (χ2n) is 6.66. The van der Waals surface area contributed by atoms with Crippen LogP contribution in [0.25, 0.3) is 0 Å². The molecule has 0 spiro atoms. The third kappa shape index (κ3) is 4.54. The van der Waals surface area contributed by atoms with Crippen molar-refractivity contribution in [3.63, 3.8) is 0 Å². The molecule has 2 aromatic carbocycles. The van der Waals surface area contributed by atoms with E-state index in [2.05, 4.69) is 5.32 Å². The van der Waals surface area contributed by atoms with Gasteiger partial charge >= 0.3 is 0 Å². The van der Waals surface area contributed by atoms with Crippen molar-refractivity contribution in [3.05, 3.63) is 52.5 Å². The van der Waals surface area contributed by atoms with Gasteiger partial charge in [-0.15, -0.1) is 0 Å². The second-order valence-corrected chi connectivity index (χ2v) is 7.44. The van der Waals surface area contributed by atoms with Crippen LogP contribution in [0.15, 0.2) is 42.5 Å². The standard InChI is InChI=1S/C20H20Cl2N2O3/c1-12(2)27-15-8-6-14(7-9-15)24-11-13(10-18(24)25)20(26)23-17-5-3-4-16(21)19(17)22/h3-9,12-13H,10-11H2,1-2H3,(H,23,26)/t13-/m1/s1. The molecule has 1 heterocycles. The largest absolute Gasteiger partial charge is 0.491 e. The smallest absolute Gasteiger partial charge is 0.229 e. The number of carbonyl (C=O) groups excluding carboxylic acids is 2. The van der Waals surface area contributed by atoms with Crippen molar-refractivity contribution in [3.8, 4) is 5.75 Å². The zero-order valence-corrected chi connectivity index (χ0v) is 16.6. The summed E-state index contributed by atoms with van der Waals surface area (Å²) in [5.41, 5.74) is 1.18. The molecule has 1 atom stereocenters. The topological polar surface area (TPSA) is 58.6 Å². The Labute approximate surface area is 168 Å². The Balaban J connectivity index is 1.67. The number of amides is 2. The predicted octanol–water partition coefficient (Wildman–Crippen LogP) is 4.77. The average Bonchev–Trinajstić information content (AvgIpc) is 3.01. The molecule has 7 heteroatoms. The third-order valence-electron chi connectivity index (χ3n) is 4.23. The maximum absolute atomic E-state index is 12.6. The van der Waals surface area contributed by atoms with Crippen LogP contribution in [0.4, 0.5) is 11.4 Å². The van der Waals surface area contributed by atoms with Gasteiger partial charge in [-0.3, -0.25) is 9.59 Å². The molecular formula is C20H20Cl2N2O3. The van der Waals surface area contributed by atoms with E-state index >= 15 is 0 Å². The van der Waals surface area contributed by atoms with Gasteiger partial charge in [-0.1, -0.05) is 29.3 Å². The molecule has 1 fully saturated rings. The number of carbonyl (C=O) groups is 2. The van der Waals surface area contributed by atoms with E-state index in [0.717, 1.165) is 11.4 Å². The van der Waals surface area contributed by atoms with Crippen molar-refractivity contribution in [1.29, 1.82) is 0 Å². The van der Waals surface area contributed by atoms with E-state index in [1.807, 2.05) is 38.1 Å². The third-order valence-corrected chi connectivity index (χ3v) is 5.04. The van der Waals surface area contributed by atoms with Crippen LogP contribution in [0.2, 0.25) is 10.0 Å². The molecule has 0 saturated carbocycles. The maximum Gasteiger partial charge on any atom is 0.229 e. The lowest BCUT2D eigenvalue weighted by molar-refractivity contribution is -0.122. The minimum absolute atomic E-state index is 0.0793. The number of halogens is 2. The van der Waals surface area contributed by atoms with E-state index in [1.54, 1.807) is 23.1 Å². The Hall–Kier alpha value is -2.24. The van der Waals surface area contributed by atoms with E-state index in [9.17, 15) is 9.59 Å². The first-order chi connectivity index (χ1) is 12.8. The van der Waals surface area contributed by atoms with Crippen molar-refractivity contribution in [2.45, 2.75) is 26.4 Å². The van der Waals surface area contributed by atoms with Gasteiger partial charge in [-0.2, -0.15) is 0 Å². The van der Waals surface area contributed by atoms with Crippen molar-refractivity contribution < 1.29 is 14.3 Å². The fourth-order valence-corrected chi connectivity index (χ4v) is 3.29. The van der Waals surface area contributed by atoms with Gasteiger partial charge in [0.2, 0.25) is 11.8 Å². The predicted molar refractivity (Wildman–Crippen MR) is 108 cm³/mol. The quantitative estimate of drug-likeness (QED) is 0.777. The van der Waals surface area contributed by atoms with Crippen LogP contribution in [-0.2, 0) is 9.59 Å². The molecule has 142 valence electrons. The van der Waals surface area contributed by atoms with Gasteiger partial charge < -0.3 is 15.0 Å². The van der Waals surface area contributed by atoms with Crippen LogP contribution < -0.4 is 15.0 Å². The molecule has 0 unspecified atom stereocenters. The van der Waals surface area contributed by atoms with Gasteiger partial charge in [0.05, 0.1) is 27.8 Å². The Morgan fingerprint density at radius 2 is 1.89 bits per heavy atom. The highest BCUT2D eigenvalue weighted by molar-refractivity contribution is 6.44. The zero-order valence-electron chi connectivity index (χ0n) is 15.0. The van der Waals surface area contributed by atoms with Gasteiger partial charge in [0.1, 0.15) is 5.75 Å². The van der Waals surface area contributed by atoms with Gasteiger partial charge in [0.25, 0.3) is 0 Å². The molecular weight excluding hydrogens is 387 g/mol. The number of hydrogen-bond acceptors (Lipinski definition) is 3. The van der Waals surface area contributed by atoms with Crippen molar-refractivity contribution in [1.82, 2.24) is 0 Å². The minimum Gasteiger partial charge on any atom is -0.491 e. The molecule has 1 aliphatic heterocycles. The Morgan fingerprint density at radius 1 is 1.19 bits per heavy atom. The van der Waals surface area contributed by atoms with Crippen LogP contribution >= 0.6 is 23.2 Å². The number of rotatable bonds is 5. The molecule has 0 radical (unpaired) electrons. The van der Waals surface area contributed by atoms with Gasteiger partial charge in [0, 0.05) is 18.7 Å². The summed E-state index contributed by atoms with van der Waals surface area (Å²) in [7, 11) is 0. The molecule has 0 aliphatic carbocycles. The fraction of sp³-hybridized carbons (Fsp3) is 0.300. The number of nitrogens with one attached hydrogen (secondary N) is 1. The maximum atomic E-state index is 12.6. The molecule has 0 aromatic heterocycles. The Morgan fingerprint density at radius 3 is 2.56 bits per heavy atom. The van der Waals surface area contributed by atoms with Gasteiger partial charge in [-0.25, -0.2) is 0 Å². The van der Waals surface area contributed by atoms with Gasteiger partial charge in [0.15, 0.2) is 0 Å².